The van der Waals surface area contributed by atoms with Crippen molar-refractivity contribution in [1.82, 2.24) is 9.66 Å². The molecule has 5 aromatic rings. The quantitative estimate of drug-likeness (QED) is 0.237. The number of methoxy groups -OCH3 is 1. The fourth-order valence-electron chi connectivity index (χ4n) is 3.59. The van der Waals surface area contributed by atoms with Gasteiger partial charge in [0.05, 0.1) is 34.5 Å². The van der Waals surface area contributed by atoms with Crippen LogP contribution >= 0.6 is 0 Å². The third-order valence-electron chi connectivity index (χ3n) is 5.25. The molecule has 5 rings (SSSR count). The molecular formula is C24H16N4O6. The van der Waals surface area contributed by atoms with Crippen LogP contribution in [0.1, 0.15) is 5.56 Å². The lowest BCUT2D eigenvalue weighted by Crippen LogP contribution is -2.20. The number of rotatable bonds is 5. The van der Waals surface area contributed by atoms with Gasteiger partial charge in [0.15, 0.2) is 5.76 Å². The number of hydrogen-bond donors (Lipinski definition) is 1. The molecule has 0 bridgehead atoms. The predicted molar refractivity (Wildman–Crippen MR) is 126 cm³/mol. The zero-order valence-electron chi connectivity index (χ0n) is 17.7. The molecule has 0 saturated carbocycles. The Hall–Kier alpha value is -4.99. The van der Waals surface area contributed by atoms with Gasteiger partial charge in [-0.25, -0.2) is 4.98 Å². The van der Waals surface area contributed by atoms with Gasteiger partial charge in [-0.15, -0.1) is 0 Å². The molecule has 0 atom stereocenters. The van der Waals surface area contributed by atoms with E-state index in [1.165, 1.54) is 12.1 Å². The Bertz CT molecular complexity index is 1670. The van der Waals surface area contributed by atoms with Crippen LogP contribution in [0.2, 0.25) is 0 Å². The van der Waals surface area contributed by atoms with E-state index in [2.05, 4.69) is 10.1 Å². The summed E-state index contributed by atoms with van der Waals surface area (Å²) >= 11 is 0. The maximum atomic E-state index is 13.3. The molecule has 0 aliphatic carbocycles. The number of fused-ring (bicyclic) bond motifs is 2. The summed E-state index contributed by atoms with van der Waals surface area (Å²) in [5, 5.41) is 26.5. The SMILES string of the molecule is COc1cccc2oc(-c3nc4ccccc4c(=O)n3N=Cc3cc([N+](=O)[O-])ccc3O)cc12. The van der Waals surface area contributed by atoms with Crippen LogP contribution in [-0.2, 0) is 0 Å². The molecule has 0 unspecified atom stereocenters. The van der Waals surface area contributed by atoms with Crippen LogP contribution in [0.3, 0.4) is 0 Å². The Labute approximate surface area is 191 Å². The van der Waals surface area contributed by atoms with Gasteiger partial charge in [-0.1, -0.05) is 18.2 Å². The molecule has 0 fully saturated rings. The highest BCUT2D eigenvalue weighted by molar-refractivity contribution is 5.89. The molecule has 0 saturated heterocycles. The zero-order valence-corrected chi connectivity index (χ0v) is 17.7. The van der Waals surface area contributed by atoms with Crippen molar-refractivity contribution in [2.45, 2.75) is 0 Å². The summed E-state index contributed by atoms with van der Waals surface area (Å²) < 4.78 is 12.4. The van der Waals surface area contributed by atoms with Gasteiger partial charge in [0.1, 0.15) is 17.1 Å². The lowest BCUT2D eigenvalue weighted by molar-refractivity contribution is -0.384. The summed E-state index contributed by atoms with van der Waals surface area (Å²) in [6.07, 6.45) is 1.16. The maximum absolute atomic E-state index is 13.3. The average Bonchev–Trinajstić information content (AvgIpc) is 3.28. The van der Waals surface area contributed by atoms with Crippen LogP contribution in [-0.4, -0.2) is 33.0 Å². The fourth-order valence-corrected chi connectivity index (χ4v) is 3.59. The normalized spacial score (nSPS) is 11.4. The highest BCUT2D eigenvalue weighted by Crippen LogP contribution is 2.33. The van der Waals surface area contributed by atoms with Crippen molar-refractivity contribution in [3.05, 3.63) is 92.8 Å². The number of non-ortho nitro benzene ring substituents is 1. The zero-order chi connectivity index (χ0) is 23.8. The number of furan rings is 1. The molecule has 2 aromatic heterocycles. The summed E-state index contributed by atoms with van der Waals surface area (Å²) in [4.78, 5) is 28.4. The molecule has 0 amide bonds. The highest BCUT2D eigenvalue weighted by Gasteiger charge is 2.18. The van der Waals surface area contributed by atoms with Crippen molar-refractivity contribution < 1.29 is 19.2 Å². The third-order valence-corrected chi connectivity index (χ3v) is 5.25. The Morgan fingerprint density at radius 2 is 1.94 bits per heavy atom. The van der Waals surface area contributed by atoms with E-state index in [1.807, 2.05) is 0 Å². The largest absolute Gasteiger partial charge is 0.507 e. The predicted octanol–water partition coefficient (Wildman–Crippen LogP) is 4.31. The number of hydrogen-bond acceptors (Lipinski definition) is 8. The lowest BCUT2D eigenvalue weighted by atomic mass is 10.2. The topological polar surface area (TPSA) is 133 Å². The average molecular weight is 456 g/mol. The first-order valence-corrected chi connectivity index (χ1v) is 10.1. The van der Waals surface area contributed by atoms with Crippen molar-refractivity contribution in [3.63, 3.8) is 0 Å². The van der Waals surface area contributed by atoms with E-state index < -0.39 is 10.5 Å². The Balaban J connectivity index is 1.74. The molecule has 168 valence electrons. The molecular weight excluding hydrogens is 440 g/mol. The van der Waals surface area contributed by atoms with Crippen molar-refractivity contribution >= 4 is 33.8 Å². The standard InChI is InChI=1S/C24H16N4O6/c1-33-20-7-4-8-21-17(20)12-22(34-21)23-26-18-6-3-2-5-16(18)24(30)27(23)25-13-14-11-15(28(31)32)9-10-19(14)29/h2-13,29H,1H3. The van der Waals surface area contributed by atoms with E-state index in [9.17, 15) is 20.0 Å². The number of phenols is 1. The van der Waals surface area contributed by atoms with Crippen LogP contribution in [0.5, 0.6) is 11.5 Å². The molecule has 0 spiro atoms. The summed E-state index contributed by atoms with van der Waals surface area (Å²) in [6, 6.07) is 17.3. The third kappa shape index (κ3) is 3.52. The van der Waals surface area contributed by atoms with E-state index in [0.29, 0.717) is 27.6 Å². The summed E-state index contributed by atoms with van der Waals surface area (Å²) in [6.45, 7) is 0. The van der Waals surface area contributed by atoms with Crippen LogP contribution in [0.25, 0.3) is 33.5 Å². The minimum absolute atomic E-state index is 0.0616. The van der Waals surface area contributed by atoms with Crippen molar-refractivity contribution in [1.29, 1.82) is 0 Å². The van der Waals surface area contributed by atoms with Gasteiger partial charge in [-0.05, 0) is 36.4 Å². The maximum Gasteiger partial charge on any atom is 0.282 e. The van der Waals surface area contributed by atoms with E-state index in [-0.39, 0.29) is 28.6 Å². The number of benzene rings is 3. The van der Waals surface area contributed by atoms with Crippen molar-refractivity contribution in [2.24, 2.45) is 5.10 Å². The minimum Gasteiger partial charge on any atom is -0.507 e. The molecule has 0 radical (unpaired) electrons. The summed E-state index contributed by atoms with van der Waals surface area (Å²) in [5.74, 6) is 0.740. The van der Waals surface area contributed by atoms with Crippen LogP contribution in [0, 0.1) is 10.1 Å². The smallest absolute Gasteiger partial charge is 0.282 e. The van der Waals surface area contributed by atoms with Gasteiger partial charge in [-0.2, -0.15) is 9.78 Å². The number of aromatic hydroxyl groups is 1. The highest BCUT2D eigenvalue weighted by atomic mass is 16.6. The molecule has 2 heterocycles. The first-order chi connectivity index (χ1) is 16.5. The van der Waals surface area contributed by atoms with Crippen LogP contribution in [0.4, 0.5) is 5.69 Å². The number of ether oxygens (including phenoxy) is 1. The Kier molecular flexibility index (Phi) is 5.02. The van der Waals surface area contributed by atoms with Crippen LogP contribution in [0.15, 0.2) is 81.0 Å². The molecule has 34 heavy (non-hydrogen) atoms. The van der Waals surface area contributed by atoms with Gasteiger partial charge >= 0.3 is 0 Å². The Morgan fingerprint density at radius 1 is 1.12 bits per heavy atom. The van der Waals surface area contributed by atoms with Gasteiger partial charge < -0.3 is 14.3 Å². The fraction of sp³-hybridized carbons (Fsp3) is 0.0417. The van der Waals surface area contributed by atoms with Gasteiger partial charge in [-0.3, -0.25) is 14.9 Å². The monoisotopic (exact) mass is 456 g/mol. The van der Waals surface area contributed by atoms with Crippen molar-refractivity contribution in [3.8, 4) is 23.1 Å². The molecule has 0 aliphatic rings. The first kappa shape index (κ1) is 20.9. The number of nitro groups is 1. The molecule has 10 nitrogen and oxygen atoms in total. The van der Waals surface area contributed by atoms with E-state index in [4.69, 9.17) is 9.15 Å². The number of nitrogens with zero attached hydrogens (tertiary/aromatic N) is 4. The van der Waals surface area contributed by atoms with Gasteiger partial charge in [0.25, 0.3) is 11.2 Å². The second-order valence-electron chi connectivity index (χ2n) is 7.30. The van der Waals surface area contributed by atoms with Gasteiger partial charge in [0.2, 0.25) is 5.82 Å². The molecule has 1 N–H and O–H groups in total. The number of aromatic nitrogens is 2. The molecule has 10 heteroatoms. The van der Waals surface area contributed by atoms with E-state index in [1.54, 1.807) is 55.6 Å². The number of para-hydroxylation sites is 1. The first-order valence-electron chi connectivity index (χ1n) is 10.1. The van der Waals surface area contributed by atoms with Crippen LogP contribution < -0.4 is 10.3 Å². The lowest BCUT2D eigenvalue weighted by Gasteiger charge is -2.07. The Morgan fingerprint density at radius 3 is 2.74 bits per heavy atom. The number of phenolic OH excluding ortho intramolecular Hbond substituents is 1. The van der Waals surface area contributed by atoms with Crippen molar-refractivity contribution in [2.75, 3.05) is 7.11 Å². The molecule has 3 aromatic carbocycles. The second-order valence-corrected chi connectivity index (χ2v) is 7.30. The van der Waals surface area contributed by atoms with E-state index >= 15 is 0 Å². The van der Waals surface area contributed by atoms with Gasteiger partial charge in [0, 0.05) is 17.7 Å². The summed E-state index contributed by atoms with van der Waals surface area (Å²) in [5.41, 5.74) is 0.330. The minimum atomic E-state index is -0.590. The number of nitro benzene ring substituents is 1. The summed E-state index contributed by atoms with van der Waals surface area (Å²) in [7, 11) is 1.54. The van der Waals surface area contributed by atoms with E-state index in [0.717, 1.165) is 17.0 Å². The second kappa shape index (κ2) is 8.17. The molecule has 0 aliphatic heterocycles.